The highest BCUT2D eigenvalue weighted by Gasteiger charge is 2.17. The number of ether oxygens (including phenoxy) is 1. The number of carboxylic acid groups (broad SMARTS) is 1. The number of hydrogen-bond donors (Lipinski definition) is 2. The topological polar surface area (TPSA) is 146 Å². The van der Waals surface area contributed by atoms with E-state index in [4.69, 9.17) is 15.0 Å². The van der Waals surface area contributed by atoms with Crippen molar-refractivity contribution in [1.29, 1.82) is 0 Å². The Morgan fingerprint density at radius 2 is 2.20 bits per heavy atom. The molecule has 0 saturated heterocycles. The van der Waals surface area contributed by atoms with Crippen molar-refractivity contribution < 1.29 is 27.6 Å². The van der Waals surface area contributed by atoms with Crippen molar-refractivity contribution in [1.82, 2.24) is 10.1 Å². The van der Waals surface area contributed by atoms with E-state index in [9.17, 15) is 13.2 Å². The number of hydrogen-bond acceptors (Lipinski definition) is 7. The summed E-state index contributed by atoms with van der Waals surface area (Å²) in [5, 5.41) is 17.5. The number of benzene rings is 1. The Morgan fingerprint density at radius 3 is 2.75 bits per heavy atom. The van der Waals surface area contributed by atoms with Crippen LogP contribution in [0.5, 0.6) is 5.75 Å². The molecule has 0 fully saturated rings. The largest absolute Gasteiger partial charge is 0.485 e. The third-order valence-electron chi connectivity index (χ3n) is 2.27. The first kappa shape index (κ1) is 14.0. The Balaban J connectivity index is 2.31. The van der Waals surface area contributed by atoms with Gasteiger partial charge >= 0.3 is 5.97 Å². The first-order chi connectivity index (χ1) is 9.38. The van der Waals surface area contributed by atoms with Gasteiger partial charge in [0.2, 0.25) is 22.2 Å². The predicted molar refractivity (Wildman–Crippen MR) is 63.4 cm³/mol. The van der Waals surface area contributed by atoms with Crippen LogP contribution in [0.15, 0.2) is 34.0 Å². The molecule has 0 aliphatic rings. The molecule has 1 heterocycles. The van der Waals surface area contributed by atoms with Gasteiger partial charge in [0.1, 0.15) is 11.3 Å². The monoisotopic (exact) mass is 299 g/mol. The van der Waals surface area contributed by atoms with E-state index in [1.54, 1.807) is 0 Å². The van der Waals surface area contributed by atoms with Crippen molar-refractivity contribution in [3.05, 3.63) is 36.0 Å². The molecule has 0 unspecified atom stereocenters. The van der Waals surface area contributed by atoms with Gasteiger partial charge in [-0.25, -0.2) is 18.4 Å². The van der Waals surface area contributed by atoms with Crippen molar-refractivity contribution in [2.75, 3.05) is 0 Å². The van der Waals surface area contributed by atoms with Crippen LogP contribution in [0, 0.1) is 0 Å². The minimum atomic E-state index is -3.99. The van der Waals surface area contributed by atoms with Crippen LogP contribution in [-0.4, -0.2) is 29.6 Å². The maximum absolute atomic E-state index is 11.2. The molecule has 0 aliphatic heterocycles. The summed E-state index contributed by atoms with van der Waals surface area (Å²) in [5.41, 5.74) is -0.333. The lowest BCUT2D eigenvalue weighted by atomic mass is 10.2. The van der Waals surface area contributed by atoms with Crippen molar-refractivity contribution >= 4 is 16.0 Å². The summed E-state index contributed by atoms with van der Waals surface area (Å²) in [4.78, 5) is 14.5. The Bertz CT molecular complexity index is 725. The molecule has 0 atom stereocenters. The lowest BCUT2D eigenvalue weighted by Crippen LogP contribution is -2.13. The third-order valence-corrected chi connectivity index (χ3v) is 3.18. The van der Waals surface area contributed by atoms with Crippen LogP contribution in [0.2, 0.25) is 0 Å². The number of aromatic nitrogens is 2. The van der Waals surface area contributed by atoms with E-state index in [1.807, 2.05) is 0 Å². The summed E-state index contributed by atoms with van der Waals surface area (Å²) in [6.45, 7) is -0.120. The molecular weight excluding hydrogens is 290 g/mol. The fourth-order valence-corrected chi connectivity index (χ4v) is 1.92. The van der Waals surface area contributed by atoms with Crippen molar-refractivity contribution in [2.24, 2.45) is 5.14 Å². The highest BCUT2D eigenvalue weighted by atomic mass is 32.2. The average molecular weight is 299 g/mol. The van der Waals surface area contributed by atoms with Gasteiger partial charge in [0.25, 0.3) is 0 Å². The van der Waals surface area contributed by atoms with Gasteiger partial charge in [-0.05, 0) is 18.2 Å². The van der Waals surface area contributed by atoms with Gasteiger partial charge in [-0.15, -0.1) is 0 Å². The van der Waals surface area contributed by atoms with E-state index in [2.05, 4.69) is 14.7 Å². The molecule has 0 aliphatic carbocycles. The van der Waals surface area contributed by atoms with E-state index in [-0.39, 0.29) is 28.6 Å². The first-order valence-electron chi connectivity index (χ1n) is 5.16. The van der Waals surface area contributed by atoms with Crippen LogP contribution in [-0.2, 0) is 16.6 Å². The number of nitrogens with zero attached hydrogens (tertiary/aromatic N) is 2. The summed E-state index contributed by atoms with van der Waals surface area (Å²) in [5.74, 6) is -1.16. The number of carboxylic acids is 1. The molecule has 1 aromatic carbocycles. The molecule has 20 heavy (non-hydrogen) atoms. The Hall–Kier alpha value is -2.46. The Morgan fingerprint density at radius 1 is 1.45 bits per heavy atom. The summed E-state index contributed by atoms with van der Waals surface area (Å²) >= 11 is 0. The fourth-order valence-electron chi connectivity index (χ4n) is 1.38. The van der Waals surface area contributed by atoms with Gasteiger partial charge in [-0.3, -0.25) is 0 Å². The van der Waals surface area contributed by atoms with Crippen LogP contribution in [0.25, 0.3) is 0 Å². The molecule has 0 saturated carbocycles. The molecule has 2 rings (SSSR count). The van der Waals surface area contributed by atoms with Gasteiger partial charge in [-0.2, -0.15) is 4.98 Å². The van der Waals surface area contributed by atoms with Crippen LogP contribution in [0.3, 0.4) is 0 Å². The highest BCUT2D eigenvalue weighted by Crippen LogP contribution is 2.23. The fraction of sp³-hybridized carbons (Fsp3) is 0.100. The molecule has 0 radical (unpaired) electrons. The molecule has 106 valence electrons. The predicted octanol–water partition coefficient (Wildman–Crippen LogP) is -0.00580. The lowest BCUT2D eigenvalue weighted by molar-refractivity contribution is 0.0691. The molecule has 0 amide bonds. The number of primary sulfonamides is 1. The second-order valence-corrected chi connectivity index (χ2v) is 5.21. The SMILES string of the molecule is NS(=O)(=O)c1ccc(OCc2ncon2)c(C(=O)O)c1. The van der Waals surface area contributed by atoms with Crippen molar-refractivity contribution in [3.63, 3.8) is 0 Å². The molecule has 10 heteroatoms. The van der Waals surface area contributed by atoms with E-state index >= 15 is 0 Å². The number of carbonyl (C=O) groups is 1. The summed E-state index contributed by atoms with van der Waals surface area (Å²) < 4.78 is 32.1. The van der Waals surface area contributed by atoms with Crippen LogP contribution in [0.4, 0.5) is 0 Å². The van der Waals surface area contributed by atoms with Gasteiger partial charge in [0, 0.05) is 0 Å². The van der Waals surface area contributed by atoms with E-state index in [0.29, 0.717) is 0 Å². The summed E-state index contributed by atoms with van der Waals surface area (Å²) in [7, 11) is -3.99. The minimum Gasteiger partial charge on any atom is -0.485 e. The quantitative estimate of drug-likeness (QED) is 0.784. The zero-order valence-corrected chi connectivity index (χ0v) is 10.7. The minimum absolute atomic E-state index is 0.0327. The molecule has 2 aromatic rings. The van der Waals surface area contributed by atoms with E-state index in [1.165, 1.54) is 6.07 Å². The van der Waals surface area contributed by atoms with Crippen LogP contribution in [0.1, 0.15) is 16.2 Å². The van der Waals surface area contributed by atoms with Crippen LogP contribution >= 0.6 is 0 Å². The summed E-state index contributed by atoms with van der Waals surface area (Å²) in [6, 6.07) is 3.26. The first-order valence-corrected chi connectivity index (χ1v) is 6.71. The van der Waals surface area contributed by atoms with Gasteiger partial charge < -0.3 is 14.4 Å². The van der Waals surface area contributed by atoms with Crippen LogP contribution < -0.4 is 9.88 Å². The molecule has 9 nitrogen and oxygen atoms in total. The average Bonchev–Trinajstić information content (AvgIpc) is 2.88. The lowest BCUT2D eigenvalue weighted by Gasteiger charge is -2.08. The smallest absolute Gasteiger partial charge is 0.339 e. The molecule has 3 N–H and O–H groups in total. The summed E-state index contributed by atoms with van der Waals surface area (Å²) in [6.07, 6.45) is 1.10. The molecular formula is C10H9N3O6S. The third kappa shape index (κ3) is 3.10. The highest BCUT2D eigenvalue weighted by molar-refractivity contribution is 7.89. The van der Waals surface area contributed by atoms with Crippen molar-refractivity contribution in [3.8, 4) is 5.75 Å². The number of nitrogens with two attached hydrogens (primary N) is 1. The van der Waals surface area contributed by atoms with E-state index < -0.39 is 16.0 Å². The van der Waals surface area contributed by atoms with Gasteiger partial charge in [0.05, 0.1) is 4.90 Å². The molecule has 1 aromatic heterocycles. The Kier molecular flexibility index (Phi) is 3.68. The zero-order valence-electron chi connectivity index (χ0n) is 9.88. The van der Waals surface area contributed by atoms with Gasteiger partial charge in [-0.1, -0.05) is 5.16 Å². The number of rotatable bonds is 5. The molecule has 0 bridgehead atoms. The second-order valence-electron chi connectivity index (χ2n) is 3.64. The maximum Gasteiger partial charge on any atom is 0.339 e. The van der Waals surface area contributed by atoms with Crippen molar-refractivity contribution in [2.45, 2.75) is 11.5 Å². The van der Waals surface area contributed by atoms with Gasteiger partial charge in [0.15, 0.2) is 6.61 Å². The maximum atomic E-state index is 11.2. The number of sulfonamides is 1. The normalized spacial score (nSPS) is 11.2. The second kappa shape index (κ2) is 5.27. The van der Waals surface area contributed by atoms with E-state index in [0.717, 1.165) is 18.5 Å². The standard InChI is InChI=1S/C10H9N3O6S/c11-20(16,17)6-1-2-8(7(3-6)10(14)15)18-4-9-12-5-19-13-9/h1-3,5H,4H2,(H,14,15)(H2,11,16,17). The number of aromatic carboxylic acids is 1. The zero-order chi connectivity index (χ0) is 14.8. The molecule has 0 spiro atoms. The Labute approximate surface area is 113 Å².